The number of carbonyl (C=O) groups excluding carboxylic acids is 2. The summed E-state index contributed by atoms with van der Waals surface area (Å²) in [6.07, 6.45) is 6.89. The molecule has 0 radical (unpaired) electrons. The van der Waals surface area contributed by atoms with Gasteiger partial charge in [-0.2, -0.15) is 0 Å². The summed E-state index contributed by atoms with van der Waals surface area (Å²) >= 11 is 1.38. The predicted molar refractivity (Wildman–Crippen MR) is 124 cm³/mol. The molecule has 1 aromatic heterocycles. The fourth-order valence-corrected chi connectivity index (χ4v) is 4.86. The van der Waals surface area contributed by atoms with Crippen LogP contribution in [0.2, 0.25) is 0 Å². The SMILES string of the molecule is O=C(CN(C(=O)C(c1ccccc1)c1ccccc1)C1CCCCC1)Nc1nccs1. The van der Waals surface area contributed by atoms with E-state index in [1.165, 1.54) is 17.8 Å². The summed E-state index contributed by atoms with van der Waals surface area (Å²) in [7, 11) is 0. The lowest BCUT2D eigenvalue weighted by molar-refractivity contribution is -0.138. The first-order valence-electron chi connectivity index (χ1n) is 10.8. The molecule has 0 aliphatic heterocycles. The second-order valence-electron chi connectivity index (χ2n) is 7.90. The summed E-state index contributed by atoms with van der Waals surface area (Å²) < 4.78 is 0. The van der Waals surface area contributed by atoms with Gasteiger partial charge in [0.05, 0.1) is 5.92 Å². The van der Waals surface area contributed by atoms with Crippen LogP contribution in [0.4, 0.5) is 5.13 Å². The molecule has 0 unspecified atom stereocenters. The van der Waals surface area contributed by atoms with E-state index in [0.29, 0.717) is 5.13 Å². The van der Waals surface area contributed by atoms with E-state index in [2.05, 4.69) is 10.3 Å². The van der Waals surface area contributed by atoms with Crippen LogP contribution in [0.15, 0.2) is 72.2 Å². The van der Waals surface area contributed by atoms with Crippen LogP contribution in [-0.4, -0.2) is 34.3 Å². The molecule has 0 bridgehead atoms. The number of aromatic nitrogens is 1. The van der Waals surface area contributed by atoms with Crippen LogP contribution in [0.3, 0.4) is 0 Å². The minimum absolute atomic E-state index is 0.0152. The number of benzene rings is 2. The third-order valence-electron chi connectivity index (χ3n) is 5.80. The van der Waals surface area contributed by atoms with Crippen molar-refractivity contribution in [3.63, 3.8) is 0 Å². The second kappa shape index (κ2) is 10.4. The van der Waals surface area contributed by atoms with Crippen molar-refractivity contribution in [2.24, 2.45) is 0 Å². The minimum Gasteiger partial charge on any atom is -0.330 e. The first-order chi connectivity index (χ1) is 15.2. The highest BCUT2D eigenvalue weighted by molar-refractivity contribution is 7.13. The van der Waals surface area contributed by atoms with E-state index >= 15 is 0 Å². The molecule has 2 amide bonds. The van der Waals surface area contributed by atoms with E-state index in [1.807, 2.05) is 70.9 Å². The number of thiazole rings is 1. The largest absolute Gasteiger partial charge is 0.330 e. The molecule has 5 nitrogen and oxygen atoms in total. The van der Waals surface area contributed by atoms with Gasteiger partial charge in [0.15, 0.2) is 5.13 Å². The predicted octanol–water partition coefficient (Wildman–Crippen LogP) is 5.08. The van der Waals surface area contributed by atoms with Crippen molar-refractivity contribution in [2.45, 2.75) is 44.1 Å². The molecular formula is C25H27N3O2S. The van der Waals surface area contributed by atoms with E-state index in [0.717, 1.165) is 36.8 Å². The highest BCUT2D eigenvalue weighted by atomic mass is 32.1. The molecule has 0 spiro atoms. The highest BCUT2D eigenvalue weighted by Gasteiger charge is 2.33. The maximum Gasteiger partial charge on any atom is 0.245 e. The molecule has 2 aromatic carbocycles. The van der Waals surface area contributed by atoms with Gasteiger partial charge in [-0.3, -0.25) is 9.59 Å². The van der Waals surface area contributed by atoms with Gasteiger partial charge in [0.25, 0.3) is 0 Å². The van der Waals surface area contributed by atoms with Crippen LogP contribution < -0.4 is 5.32 Å². The zero-order valence-corrected chi connectivity index (χ0v) is 18.3. The first-order valence-corrected chi connectivity index (χ1v) is 11.7. The van der Waals surface area contributed by atoms with Crippen LogP contribution in [0, 0.1) is 0 Å². The number of nitrogens with zero attached hydrogens (tertiary/aromatic N) is 2. The van der Waals surface area contributed by atoms with Gasteiger partial charge in [-0.15, -0.1) is 11.3 Å². The van der Waals surface area contributed by atoms with Crippen molar-refractivity contribution in [1.29, 1.82) is 0 Å². The monoisotopic (exact) mass is 433 g/mol. The molecule has 1 aliphatic rings. The number of carbonyl (C=O) groups is 2. The summed E-state index contributed by atoms with van der Waals surface area (Å²) in [6.45, 7) is 0.0409. The maximum atomic E-state index is 14.0. The van der Waals surface area contributed by atoms with E-state index in [1.54, 1.807) is 6.20 Å². The van der Waals surface area contributed by atoms with Crippen LogP contribution in [0.5, 0.6) is 0 Å². The van der Waals surface area contributed by atoms with Crippen molar-refractivity contribution >= 4 is 28.3 Å². The van der Waals surface area contributed by atoms with Gasteiger partial charge in [0, 0.05) is 17.6 Å². The lowest BCUT2D eigenvalue weighted by Crippen LogP contribution is -2.47. The van der Waals surface area contributed by atoms with Crippen molar-refractivity contribution in [3.05, 3.63) is 83.4 Å². The normalized spacial score (nSPS) is 14.4. The van der Waals surface area contributed by atoms with Crippen LogP contribution in [-0.2, 0) is 9.59 Å². The van der Waals surface area contributed by atoms with Gasteiger partial charge in [-0.1, -0.05) is 79.9 Å². The smallest absolute Gasteiger partial charge is 0.245 e. The fraction of sp³-hybridized carbons (Fsp3) is 0.320. The summed E-state index contributed by atoms with van der Waals surface area (Å²) in [6, 6.07) is 19.8. The van der Waals surface area contributed by atoms with Gasteiger partial charge >= 0.3 is 0 Å². The highest BCUT2D eigenvalue weighted by Crippen LogP contribution is 2.31. The lowest BCUT2D eigenvalue weighted by atomic mass is 9.87. The summed E-state index contributed by atoms with van der Waals surface area (Å²) in [4.78, 5) is 32.8. The third kappa shape index (κ3) is 5.39. The van der Waals surface area contributed by atoms with Crippen LogP contribution in [0.1, 0.15) is 49.1 Å². The van der Waals surface area contributed by atoms with Crippen molar-refractivity contribution in [2.75, 3.05) is 11.9 Å². The molecule has 1 fully saturated rings. The van der Waals surface area contributed by atoms with E-state index in [4.69, 9.17) is 0 Å². The van der Waals surface area contributed by atoms with Crippen LogP contribution >= 0.6 is 11.3 Å². The molecule has 0 saturated heterocycles. The Morgan fingerprint density at radius 2 is 1.58 bits per heavy atom. The van der Waals surface area contributed by atoms with E-state index in [-0.39, 0.29) is 24.4 Å². The Bertz CT molecular complexity index is 931. The van der Waals surface area contributed by atoms with E-state index < -0.39 is 5.92 Å². The number of anilines is 1. The van der Waals surface area contributed by atoms with Gasteiger partial charge in [0.2, 0.25) is 11.8 Å². The van der Waals surface area contributed by atoms with Gasteiger partial charge in [-0.05, 0) is 24.0 Å². The van der Waals surface area contributed by atoms with Crippen molar-refractivity contribution < 1.29 is 9.59 Å². The molecular weight excluding hydrogens is 406 g/mol. The Labute approximate surface area is 187 Å². The average molecular weight is 434 g/mol. The Kier molecular flexibility index (Phi) is 7.10. The summed E-state index contributed by atoms with van der Waals surface area (Å²) in [5.74, 6) is -0.649. The molecule has 1 aliphatic carbocycles. The maximum absolute atomic E-state index is 14.0. The van der Waals surface area contributed by atoms with Crippen LogP contribution in [0.25, 0.3) is 0 Å². The molecule has 31 heavy (non-hydrogen) atoms. The van der Waals surface area contributed by atoms with Crippen molar-refractivity contribution in [1.82, 2.24) is 9.88 Å². The number of amides is 2. The Morgan fingerprint density at radius 1 is 0.968 bits per heavy atom. The first kappa shape index (κ1) is 21.2. The quantitative estimate of drug-likeness (QED) is 0.565. The average Bonchev–Trinajstić information content (AvgIpc) is 3.32. The summed E-state index contributed by atoms with van der Waals surface area (Å²) in [5, 5.41) is 5.22. The Balaban J connectivity index is 1.64. The van der Waals surface area contributed by atoms with Gasteiger partial charge in [0.1, 0.15) is 6.54 Å². The van der Waals surface area contributed by atoms with E-state index in [9.17, 15) is 9.59 Å². The van der Waals surface area contributed by atoms with Crippen molar-refractivity contribution in [3.8, 4) is 0 Å². The topological polar surface area (TPSA) is 62.3 Å². The minimum atomic E-state index is -0.433. The molecule has 6 heteroatoms. The zero-order chi connectivity index (χ0) is 21.5. The summed E-state index contributed by atoms with van der Waals surface area (Å²) in [5.41, 5.74) is 1.89. The Hall–Kier alpha value is -2.99. The standard InChI is InChI=1S/C25H27N3O2S/c29-22(27-25-26-16-17-31-25)18-28(21-14-8-3-9-15-21)24(30)23(19-10-4-1-5-11-19)20-12-6-2-7-13-20/h1-2,4-7,10-13,16-17,21,23H,3,8-9,14-15,18H2,(H,26,27,29). The third-order valence-corrected chi connectivity index (χ3v) is 6.49. The molecule has 1 saturated carbocycles. The Morgan fingerprint density at radius 3 is 2.13 bits per heavy atom. The second-order valence-corrected chi connectivity index (χ2v) is 8.79. The molecule has 0 atom stereocenters. The number of rotatable bonds is 7. The zero-order valence-electron chi connectivity index (χ0n) is 17.4. The molecule has 4 rings (SSSR count). The number of nitrogens with one attached hydrogen (secondary N) is 1. The number of hydrogen-bond acceptors (Lipinski definition) is 4. The van der Waals surface area contributed by atoms with Gasteiger partial charge < -0.3 is 10.2 Å². The van der Waals surface area contributed by atoms with Gasteiger partial charge in [-0.25, -0.2) is 4.98 Å². The molecule has 1 heterocycles. The lowest BCUT2D eigenvalue weighted by Gasteiger charge is -2.36. The molecule has 160 valence electrons. The molecule has 3 aromatic rings. The fourth-order valence-electron chi connectivity index (χ4n) is 4.31. The molecule has 1 N–H and O–H groups in total. The number of hydrogen-bond donors (Lipinski definition) is 1.